The lowest BCUT2D eigenvalue weighted by atomic mass is 9.79. The summed E-state index contributed by atoms with van der Waals surface area (Å²) in [7, 11) is 1.58. The number of hydrogen-bond acceptors (Lipinski definition) is 6. The first kappa shape index (κ1) is 23.8. The average Bonchev–Trinajstić information content (AvgIpc) is 3.67. The normalized spacial score (nSPS) is 21.9. The molecule has 1 saturated heterocycles. The Labute approximate surface area is 209 Å². The number of carbonyl (C=O) groups is 2. The van der Waals surface area contributed by atoms with Crippen molar-refractivity contribution in [3.8, 4) is 22.9 Å². The third kappa shape index (κ3) is 4.51. The second kappa shape index (κ2) is 9.97. The van der Waals surface area contributed by atoms with Crippen molar-refractivity contribution >= 4 is 17.2 Å². The van der Waals surface area contributed by atoms with Gasteiger partial charge in [0.05, 0.1) is 25.5 Å². The fraction of sp³-hybridized carbons (Fsp3) is 0.444. The van der Waals surface area contributed by atoms with Gasteiger partial charge in [0, 0.05) is 48.9 Å². The van der Waals surface area contributed by atoms with E-state index in [-0.39, 0.29) is 23.7 Å². The molecule has 2 aliphatic rings. The molecule has 9 nitrogen and oxygen atoms in total. The minimum atomic E-state index is 0.0542. The highest BCUT2D eigenvalue weighted by Gasteiger charge is 2.34. The smallest absolute Gasteiger partial charge is 0.225 e. The van der Waals surface area contributed by atoms with E-state index in [0.29, 0.717) is 35.7 Å². The summed E-state index contributed by atoms with van der Waals surface area (Å²) in [6.45, 7) is 4.95. The zero-order chi connectivity index (χ0) is 25.2. The van der Waals surface area contributed by atoms with Crippen molar-refractivity contribution in [1.29, 1.82) is 5.26 Å². The van der Waals surface area contributed by atoms with Crippen LogP contribution in [0.2, 0.25) is 0 Å². The maximum absolute atomic E-state index is 13.2. The van der Waals surface area contributed by atoms with E-state index in [0.717, 1.165) is 49.8 Å². The number of fused-ring (bicyclic) bond motifs is 1. The van der Waals surface area contributed by atoms with Crippen molar-refractivity contribution < 1.29 is 14.3 Å². The van der Waals surface area contributed by atoms with E-state index in [1.807, 2.05) is 34.2 Å². The molecule has 5 rings (SSSR count). The van der Waals surface area contributed by atoms with Crippen LogP contribution in [0.4, 0.5) is 0 Å². The van der Waals surface area contributed by atoms with Crippen molar-refractivity contribution in [3.05, 3.63) is 49.1 Å². The summed E-state index contributed by atoms with van der Waals surface area (Å²) in [6.07, 6.45) is 13.6. The number of hydrogen-bond donors (Lipinski definition) is 0. The predicted molar refractivity (Wildman–Crippen MR) is 133 cm³/mol. The van der Waals surface area contributed by atoms with Crippen LogP contribution in [0, 0.1) is 23.2 Å². The lowest BCUT2D eigenvalue weighted by molar-refractivity contribution is -0.135. The predicted octanol–water partition coefficient (Wildman–Crippen LogP) is 3.80. The number of amides is 1. The molecule has 0 N–H and O–H groups in total. The van der Waals surface area contributed by atoms with Gasteiger partial charge < -0.3 is 9.64 Å². The van der Waals surface area contributed by atoms with Gasteiger partial charge in [0.1, 0.15) is 22.9 Å². The summed E-state index contributed by atoms with van der Waals surface area (Å²) in [5.41, 5.74) is 2.91. The Morgan fingerprint density at radius 1 is 1.17 bits per heavy atom. The Kier molecular flexibility index (Phi) is 6.59. The number of nitriles is 1. The zero-order valence-electron chi connectivity index (χ0n) is 20.5. The van der Waals surface area contributed by atoms with Crippen LogP contribution in [-0.4, -0.2) is 56.2 Å². The Balaban J connectivity index is 1.24. The molecule has 0 bridgehead atoms. The van der Waals surface area contributed by atoms with Crippen molar-refractivity contribution in [2.75, 3.05) is 20.2 Å². The van der Waals surface area contributed by atoms with Crippen molar-refractivity contribution in [3.63, 3.8) is 0 Å². The summed E-state index contributed by atoms with van der Waals surface area (Å²) in [5, 5.41) is 18.2. The fourth-order valence-corrected chi connectivity index (χ4v) is 5.56. The molecule has 2 fully saturated rings. The molecular weight excluding hydrogens is 456 g/mol. The summed E-state index contributed by atoms with van der Waals surface area (Å²) in [4.78, 5) is 26.8. The topological polar surface area (TPSA) is 106 Å². The number of nitrogens with zero attached hydrogens (tertiary/aromatic N) is 6. The van der Waals surface area contributed by atoms with E-state index in [4.69, 9.17) is 4.74 Å². The number of ketones is 1. The van der Waals surface area contributed by atoms with E-state index in [1.165, 1.54) is 12.3 Å². The van der Waals surface area contributed by atoms with Crippen molar-refractivity contribution in [2.24, 2.45) is 11.8 Å². The van der Waals surface area contributed by atoms with Gasteiger partial charge in [-0.05, 0) is 50.2 Å². The molecule has 4 heterocycles. The van der Waals surface area contributed by atoms with Gasteiger partial charge in [0.2, 0.25) is 5.91 Å². The second-order valence-electron chi connectivity index (χ2n) is 9.79. The first-order valence-electron chi connectivity index (χ1n) is 12.4. The molecule has 1 saturated carbocycles. The van der Waals surface area contributed by atoms with Gasteiger partial charge in [-0.15, -0.1) is 0 Å². The number of likely N-dealkylation sites (tertiary alicyclic amines) is 1. The van der Waals surface area contributed by atoms with Gasteiger partial charge in [0.15, 0.2) is 5.78 Å². The Morgan fingerprint density at radius 3 is 2.69 bits per heavy atom. The van der Waals surface area contributed by atoms with E-state index in [2.05, 4.69) is 22.8 Å². The lowest BCUT2D eigenvalue weighted by Crippen LogP contribution is -2.36. The van der Waals surface area contributed by atoms with Crippen LogP contribution in [0.25, 0.3) is 16.6 Å². The molecule has 3 aromatic heterocycles. The molecule has 186 valence electrons. The highest BCUT2D eigenvalue weighted by molar-refractivity contribution is 5.89. The number of aromatic nitrogens is 4. The van der Waals surface area contributed by atoms with Crippen LogP contribution < -0.4 is 4.74 Å². The zero-order valence-corrected chi connectivity index (χ0v) is 20.5. The number of allylic oxidation sites excluding steroid dienone is 1. The third-order valence-corrected chi connectivity index (χ3v) is 7.61. The Morgan fingerprint density at radius 2 is 1.97 bits per heavy atom. The van der Waals surface area contributed by atoms with Crippen molar-refractivity contribution in [2.45, 2.75) is 44.6 Å². The molecule has 0 spiro atoms. The minimum Gasteiger partial charge on any atom is -0.494 e. The molecule has 1 amide bonds. The number of ether oxygens (including phenoxy) is 1. The van der Waals surface area contributed by atoms with Crippen LogP contribution in [0.5, 0.6) is 5.75 Å². The molecule has 36 heavy (non-hydrogen) atoms. The minimum absolute atomic E-state index is 0.0542. The molecular formula is C27H30N6O3. The van der Waals surface area contributed by atoms with Gasteiger partial charge in [0.25, 0.3) is 0 Å². The number of methoxy groups -OCH3 is 1. The summed E-state index contributed by atoms with van der Waals surface area (Å²) >= 11 is 0. The van der Waals surface area contributed by atoms with Gasteiger partial charge in [-0.2, -0.15) is 15.5 Å². The second-order valence-corrected chi connectivity index (χ2v) is 9.79. The largest absolute Gasteiger partial charge is 0.494 e. The Bertz CT molecular complexity index is 1340. The third-order valence-electron chi connectivity index (χ3n) is 7.61. The highest BCUT2D eigenvalue weighted by Crippen LogP contribution is 2.34. The van der Waals surface area contributed by atoms with Crippen LogP contribution >= 0.6 is 0 Å². The number of carbonyl (C=O) groups excluding carboxylic acids is 2. The summed E-state index contributed by atoms with van der Waals surface area (Å²) in [5.74, 6) is 1.34. The summed E-state index contributed by atoms with van der Waals surface area (Å²) < 4.78 is 9.12. The van der Waals surface area contributed by atoms with Gasteiger partial charge in [-0.1, -0.05) is 6.58 Å². The first-order chi connectivity index (χ1) is 17.5. The molecule has 0 aromatic carbocycles. The molecule has 0 radical (unpaired) electrons. The first-order valence-corrected chi connectivity index (χ1v) is 12.4. The summed E-state index contributed by atoms with van der Waals surface area (Å²) in [6, 6.07) is 4.17. The van der Waals surface area contributed by atoms with Crippen LogP contribution in [0.15, 0.2) is 43.5 Å². The lowest BCUT2D eigenvalue weighted by Gasteiger charge is -2.30. The van der Waals surface area contributed by atoms with Gasteiger partial charge in [-0.25, -0.2) is 4.52 Å². The number of pyridine rings is 1. The molecule has 0 unspecified atom stereocenters. The van der Waals surface area contributed by atoms with E-state index < -0.39 is 0 Å². The van der Waals surface area contributed by atoms with Crippen LogP contribution in [-0.2, 0) is 9.59 Å². The monoisotopic (exact) mass is 486 g/mol. The van der Waals surface area contributed by atoms with Crippen LogP contribution in [0.1, 0.15) is 50.1 Å². The van der Waals surface area contributed by atoms with Crippen LogP contribution in [0.3, 0.4) is 0 Å². The molecule has 1 atom stereocenters. The van der Waals surface area contributed by atoms with Gasteiger partial charge in [-0.3, -0.25) is 14.3 Å². The molecule has 9 heteroatoms. The van der Waals surface area contributed by atoms with Crippen molar-refractivity contribution in [1.82, 2.24) is 24.3 Å². The van der Waals surface area contributed by atoms with E-state index in [1.54, 1.807) is 11.6 Å². The van der Waals surface area contributed by atoms with E-state index in [9.17, 15) is 14.9 Å². The quantitative estimate of drug-likeness (QED) is 0.470. The SMILES string of the molecule is C=CC(=O)CC1CCC(C(=O)N2CC[C@H](n3cc(-c4cc(OC)c5c(C#N)cnn5c4)cn3)C2)CC1. The van der Waals surface area contributed by atoms with E-state index >= 15 is 0 Å². The highest BCUT2D eigenvalue weighted by atomic mass is 16.5. The molecule has 1 aliphatic heterocycles. The molecule has 1 aliphatic carbocycles. The standard InChI is InChI=1S/C27H30N6O3/c1-3-24(34)10-18-4-6-19(7-5-18)27(35)31-9-8-23(17-31)32-16-22(14-29-32)20-11-25(36-2)26-21(12-28)13-30-33(26)15-20/h3,11,13-16,18-19,23H,1,4-10,17H2,2H3/t18?,19?,23-/m0/s1. The Hall–Kier alpha value is -3.93. The fourth-order valence-electron chi connectivity index (χ4n) is 5.56. The number of rotatable bonds is 7. The van der Waals surface area contributed by atoms with Gasteiger partial charge >= 0.3 is 0 Å². The molecule has 3 aromatic rings. The average molecular weight is 487 g/mol. The maximum Gasteiger partial charge on any atom is 0.225 e. The maximum atomic E-state index is 13.2.